The number of nitrogen functional groups attached to an aromatic ring is 1. The normalized spacial score (nSPS) is 15.8. The number of aromatic nitrogens is 2. The first kappa shape index (κ1) is 15.8. The number of hydrogen-bond acceptors (Lipinski definition) is 3. The maximum absolute atomic E-state index is 13.5. The van der Waals surface area contributed by atoms with E-state index >= 15 is 0 Å². The Morgan fingerprint density at radius 2 is 2.00 bits per heavy atom. The molecule has 3 nitrogen and oxygen atoms in total. The van der Waals surface area contributed by atoms with E-state index in [1.165, 1.54) is 6.07 Å². The third kappa shape index (κ3) is 2.89. The lowest BCUT2D eigenvalue weighted by molar-refractivity contribution is 0.628. The molecule has 2 heterocycles. The summed E-state index contributed by atoms with van der Waals surface area (Å²) < 4.78 is 13.5. The summed E-state index contributed by atoms with van der Waals surface area (Å²) in [5.41, 5.74) is 10.8. The number of halogens is 2. The fraction of sp³-hybridized carbons (Fsp3) is 0.100. The van der Waals surface area contributed by atoms with Gasteiger partial charge in [0, 0.05) is 29.4 Å². The highest BCUT2D eigenvalue weighted by molar-refractivity contribution is 6.31. The Kier molecular flexibility index (Phi) is 3.98. The molecule has 1 atom stereocenters. The highest BCUT2D eigenvalue weighted by Gasteiger charge is 2.21. The highest BCUT2D eigenvalue weighted by atomic mass is 35.5. The Morgan fingerprint density at radius 3 is 2.84 bits per heavy atom. The van der Waals surface area contributed by atoms with E-state index in [0.29, 0.717) is 5.82 Å². The van der Waals surface area contributed by atoms with Crippen molar-refractivity contribution in [2.24, 2.45) is 0 Å². The van der Waals surface area contributed by atoms with Gasteiger partial charge in [-0.05, 0) is 47.9 Å². The number of rotatable bonds is 2. The van der Waals surface area contributed by atoms with Crippen molar-refractivity contribution in [1.82, 2.24) is 9.97 Å². The summed E-state index contributed by atoms with van der Waals surface area (Å²) in [5.74, 6) is 0.238. The quantitative estimate of drug-likeness (QED) is 0.716. The largest absolute Gasteiger partial charge is 0.383 e. The minimum Gasteiger partial charge on any atom is -0.383 e. The number of fused-ring (bicyclic) bond motifs is 1. The molecule has 5 heteroatoms. The Morgan fingerprint density at radius 1 is 1.12 bits per heavy atom. The van der Waals surface area contributed by atoms with Gasteiger partial charge >= 0.3 is 0 Å². The van der Waals surface area contributed by atoms with Crippen molar-refractivity contribution in [3.05, 3.63) is 82.4 Å². The van der Waals surface area contributed by atoms with Gasteiger partial charge in [-0.3, -0.25) is 4.98 Å². The van der Waals surface area contributed by atoms with Gasteiger partial charge in [0.05, 0.1) is 10.7 Å². The number of nitrogens with two attached hydrogens (primary N) is 1. The number of nitrogens with zero attached hydrogens (tertiary/aromatic N) is 2. The van der Waals surface area contributed by atoms with Crippen LogP contribution in [0.1, 0.15) is 22.6 Å². The summed E-state index contributed by atoms with van der Waals surface area (Å²) in [4.78, 5) is 8.70. The van der Waals surface area contributed by atoms with E-state index in [-0.39, 0.29) is 10.9 Å². The van der Waals surface area contributed by atoms with Crippen LogP contribution in [0.5, 0.6) is 0 Å². The Labute approximate surface area is 150 Å². The molecule has 0 saturated carbocycles. The first-order chi connectivity index (χ1) is 12.1. The van der Waals surface area contributed by atoms with Crippen molar-refractivity contribution in [3.8, 4) is 11.3 Å². The van der Waals surface area contributed by atoms with Gasteiger partial charge in [0.2, 0.25) is 0 Å². The molecule has 0 spiro atoms. The van der Waals surface area contributed by atoms with E-state index in [1.807, 2.05) is 18.2 Å². The molecule has 0 bridgehead atoms. The van der Waals surface area contributed by atoms with Crippen LogP contribution >= 0.6 is 11.6 Å². The van der Waals surface area contributed by atoms with Crippen molar-refractivity contribution in [2.75, 3.05) is 5.73 Å². The molecule has 0 amide bonds. The van der Waals surface area contributed by atoms with Crippen LogP contribution in [-0.2, 0) is 6.42 Å². The van der Waals surface area contributed by atoms with E-state index < -0.39 is 5.82 Å². The zero-order valence-corrected chi connectivity index (χ0v) is 14.0. The van der Waals surface area contributed by atoms with Crippen molar-refractivity contribution < 1.29 is 4.39 Å². The Bertz CT molecular complexity index is 984. The predicted octanol–water partition coefficient (Wildman–Crippen LogP) is 4.87. The fourth-order valence-corrected chi connectivity index (χ4v) is 3.41. The average molecular weight is 352 g/mol. The molecule has 2 N–H and O–H groups in total. The number of anilines is 1. The molecule has 1 aliphatic rings. The fourth-order valence-electron chi connectivity index (χ4n) is 3.23. The highest BCUT2D eigenvalue weighted by Crippen LogP contribution is 2.36. The first-order valence-corrected chi connectivity index (χ1v) is 8.33. The molecule has 0 aliphatic heterocycles. The summed E-state index contributed by atoms with van der Waals surface area (Å²) >= 11 is 5.95. The molecule has 124 valence electrons. The van der Waals surface area contributed by atoms with Crippen LogP contribution in [0, 0.1) is 5.82 Å². The SMILES string of the molecule is Nc1nccc2c1CC(c1cccnc1-c1ccc(F)c(Cl)c1)C=C2. The number of benzene rings is 1. The molecule has 25 heavy (non-hydrogen) atoms. The van der Waals surface area contributed by atoms with Gasteiger partial charge in [-0.25, -0.2) is 9.37 Å². The van der Waals surface area contributed by atoms with Crippen LogP contribution in [0.3, 0.4) is 0 Å². The minimum atomic E-state index is -0.437. The summed E-state index contributed by atoms with van der Waals surface area (Å²) in [6.45, 7) is 0. The lowest BCUT2D eigenvalue weighted by Crippen LogP contribution is -2.11. The molecule has 1 unspecified atom stereocenters. The molecule has 0 saturated heterocycles. The Balaban J connectivity index is 1.78. The Hall–Kier alpha value is -2.72. The van der Waals surface area contributed by atoms with Crippen LogP contribution in [-0.4, -0.2) is 9.97 Å². The molecular weight excluding hydrogens is 337 g/mol. The third-order valence-corrected chi connectivity index (χ3v) is 4.78. The predicted molar refractivity (Wildman–Crippen MR) is 98.8 cm³/mol. The standard InChI is InChI=1S/C20H15ClFN3/c21-17-11-14(5-6-18(17)22)19-15(2-1-8-24-19)13-4-3-12-7-9-25-20(23)16(12)10-13/h1-9,11,13H,10H2,(H2,23,25). The van der Waals surface area contributed by atoms with E-state index in [9.17, 15) is 4.39 Å². The number of allylic oxidation sites excluding steroid dienone is 1. The van der Waals surface area contributed by atoms with E-state index in [4.69, 9.17) is 17.3 Å². The van der Waals surface area contributed by atoms with Crippen LogP contribution in [0.2, 0.25) is 5.02 Å². The van der Waals surface area contributed by atoms with Gasteiger partial charge in [0.25, 0.3) is 0 Å². The molecular formula is C20H15ClFN3. The summed E-state index contributed by atoms with van der Waals surface area (Å²) in [6.07, 6.45) is 8.41. The summed E-state index contributed by atoms with van der Waals surface area (Å²) in [7, 11) is 0. The maximum Gasteiger partial charge on any atom is 0.141 e. The van der Waals surface area contributed by atoms with Gasteiger partial charge < -0.3 is 5.73 Å². The molecule has 3 aromatic rings. The summed E-state index contributed by atoms with van der Waals surface area (Å²) in [6, 6.07) is 10.6. The molecule has 0 fully saturated rings. The van der Waals surface area contributed by atoms with Crippen LogP contribution in [0.4, 0.5) is 10.2 Å². The van der Waals surface area contributed by atoms with Crippen molar-refractivity contribution in [3.63, 3.8) is 0 Å². The zero-order chi connectivity index (χ0) is 17.4. The molecule has 1 aromatic carbocycles. The van der Waals surface area contributed by atoms with Gasteiger partial charge in [-0.15, -0.1) is 0 Å². The second-order valence-electron chi connectivity index (χ2n) is 6.00. The smallest absolute Gasteiger partial charge is 0.141 e. The van der Waals surface area contributed by atoms with Gasteiger partial charge in [0.1, 0.15) is 11.6 Å². The molecule has 2 aromatic heterocycles. The van der Waals surface area contributed by atoms with E-state index in [1.54, 1.807) is 24.5 Å². The molecule has 4 rings (SSSR count). The second kappa shape index (κ2) is 6.30. The van der Waals surface area contributed by atoms with E-state index in [0.717, 1.165) is 34.4 Å². The van der Waals surface area contributed by atoms with Crippen molar-refractivity contribution >= 4 is 23.5 Å². The van der Waals surface area contributed by atoms with Crippen molar-refractivity contribution in [1.29, 1.82) is 0 Å². The van der Waals surface area contributed by atoms with Crippen LogP contribution in [0.15, 0.2) is 54.9 Å². The minimum absolute atomic E-state index is 0.0899. The number of hydrogen-bond donors (Lipinski definition) is 1. The van der Waals surface area contributed by atoms with Crippen LogP contribution in [0.25, 0.3) is 17.3 Å². The lowest BCUT2D eigenvalue weighted by Gasteiger charge is -2.22. The lowest BCUT2D eigenvalue weighted by atomic mass is 9.84. The van der Waals surface area contributed by atoms with E-state index in [2.05, 4.69) is 22.1 Å². The second-order valence-corrected chi connectivity index (χ2v) is 6.41. The number of pyridine rings is 2. The summed E-state index contributed by atoms with van der Waals surface area (Å²) in [5, 5.41) is 0.0899. The third-order valence-electron chi connectivity index (χ3n) is 4.49. The van der Waals surface area contributed by atoms with Gasteiger partial charge in [-0.2, -0.15) is 0 Å². The molecule has 1 aliphatic carbocycles. The van der Waals surface area contributed by atoms with Gasteiger partial charge in [0.15, 0.2) is 0 Å². The van der Waals surface area contributed by atoms with Gasteiger partial charge in [-0.1, -0.05) is 29.8 Å². The van der Waals surface area contributed by atoms with Crippen LogP contribution < -0.4 is 5.73 Å². The maximum atomic E-state index is 13.5. The topological polar surface area (TPSA) is 51.8 Å². The first-order valence-electron chi connectivity index (χ1n) is 7.95. The average Bonchev–Trinajstić information content (AvgIpc) is 2.64. The zero-order valence-electron chi connectivity index (χ0n) is 13.3. The molecule has 0 radical (unpaired) electrons. The van der Waals surface area contributed by atoms with Crippen molar-refractivity contribution in [2.45, 2.75) is 12.3 Å². The monoisotopic (exact) mass is 351 g/mol.